The molecule has 0 spiro atoms. The van der Waals surface area contributed by atoms with Gasteiger partial charge in [0.25, 0.3) is 0 Å². The summed E-state index contributed by atoms with van der Waals surface area (Å²) in [5.74, 6) is -0.794. The van der Waals surface area contributed by atoms with E-state index in [0.717, 1.165) is 0 Å². The molecule has 0 N–H and O–H groups in total. The molecule has 0 amide bonds. The number of hydrogen-bond acceptors (Lipinski definition) is 6. The van der Waals surface area contributed by atoms with Crippen LogP contribution in [0.3, 0.4) is 0 Å². The van der Waals surface area contributed by atoms with Crippen molar-refractivity contribution in [3.8, 4) is 5.75 Å². The summed E-state index contributed by atoms with van der Waals surface area (Å²) >= 11 is 0. The van der Waals surface area contributed by atoms with Crippen LogP contribution in [-0.2, 0) is 19.6 Å². The summed E-state index contributed by atoms with van der Waals surface area (Å²) in [7, 11) is -2.23. The van der Waals surface area contributed by atoms with Gasteiger partial charge in [0.15, 0.2) is 0 Å². The van der Waals surface area contributed by atoms with Gasteiger partial charge in [-0.15, -0.1) is 0 Å². The molecule has 0 aliphatic rings. The molecular formula is C21H23NO6S. The number of ether oxygens (including phenoxy) is 2. The van der Waals surface area contributed by atoms with Crippen LogP contribution in [0.2, 0.25) is 0 Å². The third kappa shape index (κ3) is 5.75. The maximum Gasteiger partial charge on any atom is 0.337 e. The Kier molecular flexibility index (Phi) is 7.69. The molecule has 0 saturated heterocycles. The first kappa shape index (κ1) is 22.3. The van der Waals surface area contributed by atoms with Crippen molar-refractivity contribution in [2.75, 3.05) is 20.2 Å². The molecule has 0 unspecified atom stereocenters. The lowest BCUT2D eigenvalue weighted by atomic mass is 10.2. The molecule has 8 heteroatoms. The fourth-order valence-electron chi connectivity index (χ4n) is 2.55. The maximum absolute atomic E-state index is 12.5. The quantitative estimate of drug-likeness (QED) is 0.372. The van der Waals surface area contributed by atoms with Gasteiger partial charge in [-0.25, -0.2) is 18.0 Å². The highest BCUT2D eigenvalue weighted by Gasteiger charge is 2.20. The van der Waals surface area contributed by atoms with Crippen LogP contribution in [0, 0.1) is 0 Å². The van der Waals surface area contributed by atoms with Crippen molar-refractivity contribution < 1.29 is 27.5 Å². The first-order chi connectivity index (χ1) is 13.8. The lowest BCUT2D eigenvalue weighted by Crippen LogP contribution is -2.30. The van der Waals surface area contributed by atoms with E-state index in [1.54, 1.807) is 26.0 Å². The molecule has 7 nitrogen and oxygen atoms in total. The van der Waals surface area contributed by atoms with Crippen molar-refractivity contribution in [2.45, 2.75) is 18.7 Å². The summed E-state index contributed by atoms with van der Waals surface area (Å²) in [6, 6.07) is 12.2. The lowest BCUT2D eigenvalue weighted by Gasteiger charge is -2.18. The van der Waals surface area contributed by atoms with Crippen molar-refractivity contribution in [3.05, 3.63) is 65.7 Å². The summed E-state index contributed by atoms with van der Waals surface area (Å²) in [4.78, 5) is 23.5. The number of esters is 2. The van der Waals surface area contributed by atoms with Crippen LogP contribution in [0.1, 0.15) is 29.8 Å². The molecule has 0 aliphatic heterocycles. The Balaban J connectivity index is 2.02. The van der Waals surface area contributed by atoms with E-state index in [0.29, 0.717) is 24.2 Å². The minimum absolute atomic E-state index is 0.201. The van der Waals surface area contributed by atoms with Gasteiger partial charge in [-0.2, -0.15) is 4.31 Å². The van der Waals surface area contributed by atoms with Crippen molar-refractivity contribution in [3.63, 3.8) is 0 Å². The molecule has 0 aliphatic carbocycles. The number of rotatable bonds is 8. The fourth-order valence-corrected chi connectivity index (χ4v) is 4.01. The molecule has 0 fully saturated rings. The van der Waals surface area contributed by atoms with Gasteiger partial charge >= 0.3 is 11.9 Å². The van der Waals surface area contributed by atoms with Crippen molar-refractivity contribution >= 4 is 28.0 Å². The number of carbonyl (C=O) groups excluding carboxylic acids is 2. The predicted molar refractivity (Wildman–Crippen MR) is 109 cm³/mol. The minimum Gasteiger partial charge on any atom is -0.465 e. The molecule has 2 aromatic carbocycles. The number of hydrogen-bond donors (Lipinski definition) is 0. The predicted octanol–water partition coefficient (Wildman–Crippen LogP) is 3.12. The summed E-state index contributed by atoms with van der Waals surface area (Å²) in [6.07, 6.45) is 2.76. The first-order valence-electron chi connectivity index (χ1n) is 9.00. The number of methoxy groups -OCH3 is 1. The largest absolute Gasteiger partial charge is 0.465 e. The monoisotopic (exact) mass is 417 g/mol. The summed E-state index contributed by atoms with van der Waals surface area (Å²) in [5, 5.41) is 0. The second-order valence-electron chi connectivity index (χ2n) is 5.93. The second-order valence-corrected chi connectivity index (χ2v) is 7.87. The van der Waals surface area contributed by atoms with Gasteiger partial charge in [0.1, 0.15) is 5.75 Å². The maximum atomic E-state index is 12.5. The van der Waals surface area contributed by atoms with E-state index in [1.165, 1.54) is 60.0 Å². The van der Waals surface area contributed by atoms with E-state index in [1.807, 2.05) is 0 Å². The third-order valence-electron chi connectivity index (χ3n) is 4.13. The van der Waals surface area contributed by atoms with E-state index in [9.17, 15) is 18.0 Å². The molecule has 0 saturated carbocycles. The van der Waals surface area contributed by atoms with E-state index < -0.39 is 22.0 Å². The van der Waals surface area contributed by atoms with Gasteiger partial charge in [0, 0.05) is 19.2 Å². The van der Waals surface area contributed by atoms with Gasteiger partial charge < -0.3 is 9.47 Å². The van der Waals surface area contributed by atoms with Gasteiger partial charge in [-0.05, 0) is 48.0 Å². The number of carbonyl (C=O) groups is 2. The molecule has 2 aromatic rings. The van der Waals surface area contributed by atoms with E-state index >= 15 is 0 Å². The second kappa shape index (κ2) is 9.99. The molecule has 29 heavy (non-hydrogen) atoms. The Morgan fingerprint density at radius 2 is 1.55 bits per heavy atom. The Hall–Kier alpha value is -2.97. The summed E-state index contributed by atoms with van der Waals surface area (Å²) < 4.78 is 36.1. The van der Waals surface area contributed by atoms with Crippen LogP contribution in [0.15, 0.2) is 59.5 Å². The average Bonchev–Trinajstić information content (AvgIpc) is 2.73. The topological polar surface area (TPSA) is 90.0 Å². The van der Waals surface area contributed by atoms with Crippen LogP contribution in [0.5, 0.6) is 5.75 Å². The number of benzene rings is 2. The van der Waals surface area contributed by atoms with Gasteiger partial charge in [0.2, 0.25) is 10.0 Å². The molecule has 0 heterocycles. The zero-order valence-electron chi connectivity index (χ0n) is 16.5. The SMILES string of the molecule is CCN(CC)S(=O)(=O)c1ccc(/C=C/C(=O)Oc2ccc(C(=O)OC)cc2)cc1. The summed E-state index contributed by atoms with van der Waals surface area (Å²) in [5.41, 5.74) is 1.00. The smallest absolute Gasteiger partial charge is 0.337 e. The van der Waals surface area contributed by atoms with Crippen LogP contribution in [0.25, 0.3) is 6.08 Å². The Bertz CT molecular complexity index is 975. The van der Waals surface area contributed by atoms with E-state index in [2.05, 4.69) is 4.74 Å². The van der Waals surface area contributed by atoms with Crippen molar-refractivity contribution in [2.24, 2.45) is 0 Å². The van der Waals surface area contributed by atoms with Gasteiger partial charge in [-0.1, -0.05) is 26.0 Å². The standard InChI is InChI=1S/C21H23NO6S/c1-4-22(5-2)29(25,26)19-13-6-16(7-14-19)8-15-20(23)28-18-11-9-17(10-12-18)21(24)27-3/h6-15H,4-5H2,1-3H3/b15-8+. The Morgan fingerprint density at radius 3 is 2.07 bits per heavy atom. The lowest BCUT2D eigenvalue weighted by molar-refractivity contribution is -0.128. The van der Waals surface area contributed by atoms with Crippen molar-refractivity contribution in [1.29, 1.82) is 0 Å². The highest BCUT2D eigenvalue weighted by atomic mass is 32.2. The minimum atomic E-state index is -3.52. The molecule has 0 bridgehead atoms. The molecule has 154 valence electrons. The van der Waals surface area contributed by atoms with Gasteiger partial charge in [0.05, 0.1) is 17.6 Å². The first-order valence-corrected chi connectivity index (χ1v) is 10.4. The van der Waals surface area contributed by atoms with Gasteiger partial charge in [-0.3, -0.25) is 0 Å². The average molecular weight is 417 g/mol. The Labute approximate surface area is 170 Å². The van der Waals surface area contributed by atoms with Crippen LogP contribution in [-0.4, -0.2) is 44.9 Å². The molecule has 0 radical (unpaired) electrons. The Morgan fingerprint density at radius 1 is 0.966 bits per heavy atom. The zero-order chi connectivity index (χ0) is 21.4. The normalized spacial score (nSPS) is 11.6. The fraction of sp³-hybridized carbons (Fsp3) is 0.238. The third-order valence-corrected chi connectivity index (χ3v) is 6.19. The van der Waals surface area contributed by atoms with E-state index in [-0.39, 0.29) is 10.6 Å². The van der Waals surface area contributed by atoms with Crippen molar-refractivity contribution in [1.82, 2.24) is 4.31 Å². The molecule has 0 atom stereocenters. The van der Waals surface area contributed by atoms with Crippen LogP contribution >= 0.6 is 0 Å². The summed E-state index contributed by atoms with van der Waals surface area (Å²) in [6.45, 7) is 4.36. The number of nitrogens with zero attached hydrogens (tertiary/aromatic N) is 1. The highest BCUT2D eigenvalue weighted by molar-refractivity contribution is 7.89. The van der Waals surface area contributed by atoms with Crippen LogP contribution in [0.4, 0.5) is 0 Å². The number of sulfonamides is 1. The highest BCUT2D eigenvalue weighted by Crippen LogP contribution is 2.17. The van der Waals surface area contributed by atoms with E-state index in [4.69, 9.17) is 4.74 Å². The zero-order valence-corrected chi connectivity index (χ0v) is 17.3. The molecular weight excluding hydrogens is 394 g/mol. The van der Waals surface area contributed by atoms with Crippen LogP contribution < -0.4 is 4.74 Å². The molecule has 0 aromatic heterocycles. The molecule has 2 rings (SSSR count).